The number of carbonyl (C=O) groups is 2. The van der Waals surface area contributed by atoms with E-state index in [1.165, 1.54) is 6.20 Å². The van der Waals surface area contributed by atoms with Gasteiger partial charge < -0.3 is 14.8 Å². The second-order valence-electron chi connectivity index (χ2n) is 7.82. The minimum atomic E-state index is -1.18. The predicted octanol–water partition coefficient (Wildman–Crippen LogP) is 2.90. The monoisotopic (exact) mass is 309 g/mol. The Morgan fingerprint density at radius 1 is 1.05 bits per heavy atom. The third-order valence-corrected chi connectivity index (χ3v) is 4.53. The van der Waals surface area contributed by atoms with E-state index >= 15 is 0 Å². The van der Waals surface area contributed by atoms with Crippen LogP contribution in [0.2, 0.25) is 0 Å². The molecule has 0 aromatic carbocycles. The summed E-state index contributed by atoms with van der Waals surface area (Å²) in [6.45, 7) is 9.93. The van der Waals surface area contributed by atoms with Gasteiger partial charge in [-0.15, -0.1) is 0 Å². The molecule has 1 aliphatic heterocycles. The molecule has 1 saturated carbocycles. The van der Waals surface area contributed by atoms with Gasteiger partial charge in [-0.05, 0) is 37.0 Å². The number of esters is 2. The molecule has 1 N–H and O–H groups in total. The average Bonchev–Trinajstić information content (AvgIpc) is 2.35. The molecule has 1 saturated heterocycles. The molecule has 5 nitrogen and oxygen atoms in total. The van der Waals surface area contributed by atoms with Crippen molar-refractivity contribution in [3.05, 3.63) is 11.8 Å². The van der Waals surface area contributed by atoms with E-state index < -0.39 is 17.7 Å². The second-order valence-corrected chi connectivity index (χ2v) is 7.82. The number of hydrogen-bond donors (Lipinski definition) is 1. The van der Waals surface area contributed by atoms with Gasteiger partial charge in [0.15, 0.2) is 5.57 Å². The Bertz CT molecular complexity index is 457. The third kappa shape index (κ3) is 4.02. The van der Waals surface area contributed by atoms with Gasteiger partial charge in [0, 0.05) is 26.1 Å². The molecule has 0 unspecified atom stereocenters. The number of ether oxygens (including phenoxy) is 2. The fourth-order valence-corrected chi connectivity index (χ4v) is 3.11. The lowest BCUT2D eigenvalue weighted by Gasteiger charge is -2.37. The summed E-state index contributed by atoms with van der Waals surface area (Å²) in [7, 11) is 0. The molecule has 0 spiro atoms. The summed E-state index contributed by atoms with van der Waals surface area (Å²) in [5.41, 5.74) is 0.281. The molecule has 0 atom stereocenters. The number of rotatable bonds is 2. The summed E-state index contributed by atoms with van der Waals surface area (Å²) in [6, 6.07) is 0.293. The first kappa shape index (κ1) is 16.8. The van der Waals surface area contributed by atoms with Gasteiger partial charge in [0.1, 0.15) is 0 Å². The smallest absolute Gasteiger partial charge is 0.350 e. The van der Waals surface area contributed by atoms with E-state index in [0.29, 0.717) is 11.5 Å². The first-order chi connectivity index (χ1) is 10.1. The van der Waals surface area contributed by atoms with Gasteiger partial charge >= 0.3 is 11.9 Å². The van der Waals surface area contributed by atoms with E-state index in [4.69, 9.17) is 9.47 Å². The Morgan fingerprint density at radius 2 is 1.55 bits per heavy atom. The zero-order chi connectivity index (χ0) is 16.5. The molecule has 124 valence electrons. The van der Waals surface area contributed by atoms with Crippen LogP contribution in [0.3, 0.4) is 0 Å². The summed E-state index contributed by atoms with van der Waals surface area (Å²) in [4.78, 5) is 23.7. The van der Waals surface area contributed by atoms with Gasteiger partial charge in [-0.3, -0.25) is 0 Å². The van der Waals surface area contributed by atoms with E-state index in [2.05, 4.69) is 26.1 Å². The first-order valence-corrected chi connectivity index (χ1v) is 8.01. The summed E-state index contributed by atoms with van der Waals surface area (Å²) >= 11 is 0. The molecule has 0 amide bonds. The van der Waals surface area contributed by atoms with E-state index in [0.717, 1.165) is 31.6 Å². The normalized spacial score (nSPS) is 28.7. The molecule has 0 aromatic heterocycles. The fourth-order valence-electron chi connectivity index (χ4n) is 3.11. The maximum atomic E-state index is 11.8. The van der Waals surface area contributed by atoms with Crippen molar-refractivity contribution in [1.29, 1.82) is 0 Å². The highest BCUT2D eigenvalue weighted by atomic mass is 16.7. The molecule has 0 aromatic rings. The van der Waals surface area contributed by atoms with Crippen molar-refractivity contribution in [2.45, 2.75) is 72.1 Å². The molecule has 2 rings (SSSR count). The first-order valence-electron chi connectivity index (χ1n) is 8.01. The highest BCUT2D eigenvalue weighted by Crippen LogP contribution is 2.37. The van der Waals surface area contributed by atoms with Crippen molar-refractivity contribution in [3.63, 3.8) is 0 Å². The van der Waals surface area contributed by atoms with Crippen LogP contribution in [-0.2, 0) is 19.1 Å². The van der Waals surface area contributed by atoms with Gasteiger partial charge in [-0.2, -0.15) is 0 Å². The Labute approximate surface area is 132 Å². The van der Waals surface area contributed by atoms with Crippen molar-refractivity contribution in [1.82, 2.24) is 5.32 Å². The Balaban J connectivity index is 1.91. The number of nitrogens with one attached hydrogen (secondary N) is 1. The summed E-state index contributed by atoms with van der Waals surface area (Å²) in [6.07, 6.45) is 5.86. The van der Waals surface area contributed by atoms with Gasteiger partial charge in [-0.1, -0.05) is 20.8 Å². The van der Waals surface area contributed by atoms with Crippen molar-refractivity contribution in [2.75, 3.05) is 0 Å². The predicted molar refractivity (Wildman–Crippen MR) is 82.7 cm³/mol. The molecule has 22 heavy (non-hydrogen) atoms. The molecular weight excluding hydrogens is 282 g/mol. The van der Waals surface area contributed by atoms with Crippen LogP contribution in [0.25, 0.3) is 0 Å². The van der Waals surface area contributed by atoms with Crippen LogP contribution in [0.1, 0.15) is 60.3 Å². The summed E-state index contributed by atoms with van der Waals surface area (Å²) in [5, 5.41) is 3.19. The molecule has 1 heterocycles. The van der Waals surface area contributed by atoms with E-state index in [1.54, 1.807) is 13.8 Å². The maximum Gasteiger partial charge on any atom is 0.350 e. The highest BCUT2D eigenvalue weighted by Gasteiger charge is 2.39. The van der Waals surface area contributed by atoms with Gasteiger partial charge in [0.2, 0.25) is 0 Å². The molecule has 0 bridgehead atoms. The van der Waals surface area contributed by atoms with E-state index in [9.17, 15) is 9.59 Å². The van der Waals surface area contributed by atoms with Crippen LogP contribution in [0.15, 0.2) is 11.8 Å². The Kier molecular flexibility index (Phi) is 4.54. The van der Waals surface area contributed by atoms with Gasteiger partial charge in [0.05, 0.1) is 0 Å². The molecule has 2 aliphatic rings. The summed E-state index contributed by atoms with van der Waals surface area (Å²) < 4.78 is 10.1. The van der Waals surface area contributed by atoms with Crippen molar-refractivity contribution >= 4 is 11.9 Å². The van der Waals surface area contributed by atoms with Crippen LogP contribution in [0, 0.1) is 11.3 Å². The number of hydrogen-bond acceptors (Lipinski definition) is 5. The third-order valence-electron chi connectivity index (χ3n) is 4.53. The van der Waals surface area contributed by atoms with Crippen molar-refractivity contribution in [3.8, 4) is 0 Å². The number of carbonyl (C=O) groups excluding carboxylic acids is 2. The van der Waals surface area contributed by atoms with Gasteiger partial charge in [0.25, 0.3) is 5.79 Å². The molecule has 2 fully saturated rings. The Morgan fingerprint density at radius 3 is 2.00 bits per heavy atom. The van der Waals surface area contributed by atoms with Crippen LogP contribution >= 0.6 is 0 Å². The van der Waals surface area contributed by atoms with E-state index in [1.807, 2.05) is 0 Å². The van der Waals surface area contributed by atoms with Crippen molar-refractivity contribution in [2.24, 2.45) is 11.3 Å². The minimum Gasteiger partial charge on any atom is -0.419 e. The molecule has 0 radical (unpaired) electrons. The topological polar surface area (TPSA) is 64.6 Å². The average molecular weight is 309 g/mol. The van der Waals surface area contributed by atoms with E-state index in [-0.39, 0.29) is 5.57 Å². The van der Waals surface area contributed by atoms with Gasteiger partial charge in [-0.25, -0.2) is 9.59 Å². The zero-order valence-corrected chi connectivity index (χ0v) is 14.2. The maximum absolute atomic E-state index is 11.8. The minimum absolute atomic E-state index is 0.0581. The zero-order valence-electron chi connectivity index (χ0n) is 14.2. The largest absolute Gasteiger partial charge is 0.419 e. The highest BCUT2D eigenvalue weighted by molar-refractivity contribution is 6.15. The lowest BCUT2D eigenvalue weighted by atomic mass is 9.71. The summed E-state index contributed by atoms with van der Waals surface area (Å²) in [5.74, 6) is -1.71. The Hall–Kier alpha value is -1.52. The standard InChI is InChI=1S/C17H27NO4/c1-16(2,3)11-6-8-12(9-7-11)18-10-13-14(19)21-17(4,5)22-15(13)20/h10-12,18H,6-9H2,1-5H3. The van der Waals surface area contributed by atoms with Crippen LogP contribution in [0.4, 0.5) is 0 Å². The lowest BCUT2D eigenvalue weighted by Crippen LogP contribution is -2.43. The lowest BCUT2D eigenvalue weighted by molar-refractivity contribution is -0.222. The van der Waals surface area contributed by atoms with Crippen molar-refractivity contribution < 1.29 is 19.1 Å². The number of cyclic esters (lactones) is 2. The second kappa shape index (κ2) is 5.94. The molecule has 1 aliphatic carbocycles. The molecule has 5 heteroatoms. The molecular formula is C17H27NO4. The quantitative estimate of drug-likeness (QED) is 0.483. The SMILES string of the molecule is CC1(C)OC(=O)C(=CNC2CCC(C(C)(C)C)CC2)C(=O)O1. The van der Waals surface area contributed by atoms with Crippen LogP contribution in [0.5, 0.6) is 0 Å². The van der Waals surface area contributed by atoms with Crippen LogP contribution < -0.4 is 5.32 Å². The fraction of sp³-hybridized carbons (Fsp3) is 0.765. The van der Waals surface area contributed by atoms with Crippen LogP contribution in [-0.4, -0.2) is 23.8 Å².